The number of halogens is 4. The average Bonchev–Trinajstić information content (AvgIpc) is 2.94. The summed E-state index contributed by atoms with van der Waals surface area (Å²) >= 11 is 0. The topological polar surface area (TPSA) is 52.8 Å². The molecule has 0 saturated carbocycles. The van der Waals surface area contributed by atoms with Crippen LogP contribution in [0.2, 0.25) is 0 Å². The number of methoxy groups -OCH3 is 2. The highest BCUT2D eigenvalue weighted by atomic mass is 19.4. The van der Waals surface area contributed by atoms with Gasteiger partial charge in [-0.15, -0.1) is 0 Å². The van der Waals surface area contributed by atoms with Gasteiger partial charge in [-0.3, -0.25) is 0 Å². The van der Waals surface area contributed by atoms with Crippen molar-refractivity contribution in [3.05, 3.63) is 46.9 Å². The van der Waals surface area contributed by atoms with Crippen molar-refractivity contribution < 1.29 is 31.8 Å². The van der Waals surface area contributed by atoms with E-state index in [9.17, 15) is 22.4 Å². The molecular weight excluding hydrogens is 356 g/mol. The van der Waals surface area contributed by atoms with Crippen LogP contribution in [0.5, 0.6) is 0 Å². The molecule has 9 heteroatoms. The molecule has 0 aliphatic rings. The van der Waals surface area contributed by atoms with E-state index in [-0.39, 0.29) is 17.8 Å². The van der Waals surface area contributed by atoms with Gasteiger partial charge in [-0.05, 0) is 25.5 Å². The number of carbonyl (C=O) groups is 1. The molecule has 5 nitrogen and oxygen atoms in total. The van der Waals surface area contributed by atoms with E-state index in [0.29, 0.717) is 5.56 Å². The van der Waals surface area contributed by atoms with Gasteiger partial charge >= 0.3 is 12.1 Å². The van der Waals surface area contributed by atoms with Crippen LogP contribution in [0.25, 0.3) is 0 Å². The molecule has 0 bridgehead atoms. The Bertz CT molecular complexity index is 759. The highest BCUT2D eigenvalue weighted by molar-refractivity contribution is 6.01. The van der Waals surface area contributed by atoms with Gasteiger partial charge in [0, 0.05) is 18.8 Å². The predicted molar refractivity (Wildman–Crippen MR) is 88.5 cm³/mol. The van der Waals surface area contributed by atoms with Gasteiger partial charge in [0.2, 0.25) is 5.88 Å². The molecule has 0 radical (unpaired) electrons. The zero-order valence-electron chi connectivity index (χ0n) is 15.1. The Balaban J connectivity index is 3.49. The smallest absolute Gasteiger partial charge is 0.424 e. The second kappa shape index (κ2) is 8.68. The van der Waals surface area contributed by atoms with Crippen molar-refractivity contribution >= 4 is 11.7 Å². The maximum atomic E-state index is 13.9. The molecule has 0 aromatic carbocycles. The molecule has 0 N–H and O–H groups in total. The quantitative estimate of drug-likeness (QED) is 0.245. The van der Waals surface area contributed by atoms with Crippen LogP contribution in [-0.4, -0.2) is 36.6 Å². The first-order valence-corrected chi connectivity index (χ1v) is 7.58. The van der Waals surface area contributed by atoms with E-state index >= 15 is 0 Å². The lowest BCUT2D eigenvalue weighted by Crippen LogP contribution is -2.16. The lowest BCUT2D eigenvalue weighted by atomic mass is 10.2. The number of ether oxygens (including phenoxy) is 2. The average molecular weight is 376 g/mol. The molecule has 0 fully saturated rings. The van der Waals surface area contributed by atoms with Gasteiger partial charge < -0.3 is 14.0 Å². The van der Waals surface area contributed by atoms with Gasteiger partial charge in [-0.25, -0.2) is 14.2 Å². The first-order chi connectivity index (χ1) is 12.1. The molecule has 1 aromatic rings. The van der Waals surface area contributed by atoms with E-state index in [1.54, 1.807) is 7.05 Å². The number of aryl methyl sites for hydroxylation is 1. The van der Waals surface area contributed by atoms with E-state index in [4.69, 9.17) is 4.74 Å². The number of aromatic nitrogens is 1. The predicted octanol–water partition coefficient (Wildman–Crippen LogP) is 4.30. The van der Waals surface area contributed by atoms with Crippen LogP contribution in [0.3, 0.4) is 0 Å². The second-order valence-electron chi connectivity index (χ2n) is 5.26. The molecule has 0 aliphatic carbocycles. The van der Waals surface area contributed by atoms with Crippen molar-refractivity contribution in [1.29, 1.82) is 0 Å². The molecule has 0 unspecified atom stereocenters. The monoisotopic (exact) mass is 376 g/mol. The lowest BCUT2D eigenvalue weighted by molar-refractivity contribution is -0.0944. The van der Waals surface area contributed by atoms with Gasteiger partial charge in [0.05, 0.1) is 19.9 Å². The molecule has 0 atom stereocenters. The van der Waals surface area contributed by atoms with Crippen LogP contribution in [0, 0.1) is 0 Å². The molecule has 144 valence electrons. The molecule has 1 rings (SSSR count). The highest BCUT2D eigenvalue weighted by Gasteiger charge is 2.40. The first kappa shape index (κ1) is 21.5. The van der Waals surface area contributed by atoms with Crippen molar-refractivity contribution in [1.82, 2.24) is 4.57 Å². The molecule has 0 spiro atoms. The van der Waals surface area contributed by atoms with E-state index < -0.39 is 29.4 Å². The normalized spacial score (nSPS) is 14.2. The summed E-state index contributed by atoms with van der Waals surface area (Å²) in [4.78, 5) is 15.4. The first-order valence-electron chi connectivity index (χ1n) is 7.58. The molecule has 26 heavy (non-hydrogen) atoms. The molecule has 1 heterocycles. The van der Waals surface area contributed by atoms with Crippen LogP contribution >= 0.6 is 0 Å². The van der Waals surface area contributed by atoms with Crippen molar-refractivity contribution in [3.8, 4) is 0 Å². The van der Waals surface area contributed by atoms with Crippen molar-refractivity contribution in [3.63, 3.8) is 0 Å². The maximum Gasteiger partial charge on any atom is 0.424 e. The number of alkyl halides is 3. The maximum absolute atomic E-state index is 13.9. The van der Waals surface area contributed by atoms with E-state index in [2.05, 4.69) is 9.73 Å². The fourth-order valence-corrected chi connectivity index (χ4v) is 2.13. The summed E-state index contributed by atoms with van der Waals surface area (Å²) in [7, 11) is 3.75. The molecule has 1 aromatic heterocycles. The molecular formula is C17H20F4N2O3. The van der Waals surface area contributed by atoms with Crippen molar-refractivity contribution in [2.24, 2.45) is 12.0 Å². The van der Waals surface area contributed by atoms with E-state index in [1.807, 2.05) is 0 Å². The summed E-state index contributed by atoms with van der Waals surface area (Å²) in [5.41, 5.74) is -0.930. The van der Waals surface area contributed by atoms with Gasteiger partial charge in [0.15, 0.2) is 5.57 Å². The minimum Gasteiger partial charge on any atom is -0.480 e. The Morgan fingerprint density at radius 1 is 1.31 bits per heavy atom. The Morgan fingerprint density at radius 3 is 2.38 bits per heavy atom. The zero-order valence-corrected chi connectivity index (χ0v) is 15.1. The number of nitrogens with zero attached hydrogens (tertiary/aromatic N) is 2. The van der Waals surface area contributed by atoms with Gasteiger partial charge in [-0.1, -0.05) is 6.92 Å². The number of allylic oxidation sites excluding steroid dienone is 3. The van der Waals surface area contributed by atoms with E-state index in [1.165, 1.54) is 37.8 Å². The van der Waals surface area contributed by atoms with Gasteiger partial charge in [-0.2, -0.15) is 13.2 Å². The Labute approximate surface area is 148 Å². The third-order valence-corrected chi connectivity index (χ3v) is 3.40. The molecule has 0 saturated heterocycles. The summed E-state index contributed by atoms with van der Waals surface area (Å²) in [6, 6.07) is 1.41. The summed E-state index contributed by atoms with van der Waals surface area (Å²) in [6.07, 6.45) is -2.63. The summed E-state index contributed by atoms with van der Waals surface area (Å²) in [6.45, 7) is 2.93. The number of aliphatic imine (C=N–C) groups is 1. The van der Waals surface area contributed by atoms with Crippen LogP contribution in [-0.2, 0) is 16.5 Å². The third-order valence-electron chi connectivity index (χ3n) is 3.40. The van der Waals surface area contributed by atoms with Crippen LogP contribution in [0.15, 0.2) is 40.6 Å². The minimum atomic E-state index is -4.99. The summed E-state index contributed by atoms with van der Waals surface area (Å²) < 4.78 is 64.4. The largest absolute Gasteiger partial charge is 0.480 e. The molecule has 0 aliphatic heterocycles. The summed E-state index contributed by atoms with van der Waals surface area (Å²) in [5.74, 6) is -2.97. The van der Waals surface area contributed by atoms with E-state index in [0.717, 1.165) is 13.2 Å². The van der Waals surface area contributed by atoms with Crippen LogP contribution in [0.1, 0.15) is 36.3 Å². The second-order valence-corrected chi connectivity index (χ2v) is 5.26. The lowest BCUT2D eigenvalue weighted by Gasteiger charge is -2.13. The fraction of sp³-hybridized carbons (Fsp3) is 0.412. The van der Waals surface area contributed by atoms with Gasteiger partial charge in [0.25, 0.3) is 0 Å². The Morgan fingerprint density at radius 2 is 1.92 bits per heavy atom. The fourth-order valence-electron chi connectivity index (χ4n) is 2.13. The highest BCUT2D eigenvalue weighted by Crippen LogP contribution is 2.35. The number of carbonyl (C=O) groups excluding carboxylic acids is 1. The Kier molecular flexibility index (Phi) is 7.17. The number of hydrogen-bond acceptors (Lipinski definition) is 4. The van der Waals surface area contributed by atoms with Crippen LogP contribution < -0.4 is 0 Å². The number of esters is 1. The third kappa shape index (κ3) is 4.96. The zero-order chi connectivity index (χ0) is 20.1. The SMILES string of the molecule is CC/C=C(F)/C(=C(\N=C(/C)c1cc(C(=O)OC)n(C)c1)OC)C(F)(F)F. The standard InChI is InChI=1S/C17H20F4N2O3/c1-6-7-12(18)14(17(19,20)21)15(25-4)22-10(2)11-8-13(16(24)26-5)23(3)9-11/h7-9H,6H2,1-5H3/b12-7-,15-14-,22-10+. The number of rotatable bonds is 6. The minimum absolute atomic E-state index is 0.0757. The van der Waals surface area contributed by atoms with Crippen molar-refractivity contribution in [2.75, 3.05) is 14.2 Å². The van der Waals surface area contributed by atoms with Crippen LogP contribution in [0.4, 0.5) is 17.6 Å². The Hall–Kier alpha value is -2.58. The van der Waals surface area contributed by atoms with Gasteiger partial charge in [0.1, 0.15) is 11.5 Å². The molecule has 0 amide bonds. The number of hydrogen-bond donors (Lipinski definition) is 0. The summed E-state index contributed by atoms with van der Waals surface area (Å²) in [5, 5.41) is 0. The van der Waals surface area contributed by atoms with Crippen molar-refractivity contribution in [2.45, 2.75) is 26.4 Å².